The average molecular weight is 306 g/mol. The van der Waals surface area contributed by atoms with E-state index in [4.69, 9.17) is 9.84 Å². The molecule has 116 valence electrons. The second kappa shape index (κ2) is 5.58. The van der Waals surface area contributed by atoms with E-state index in [1.807, 2.05) is 0 Å². The number of hydrogen-bond acceptors (Lipinski definition) is 4. The van der Waals surface area contributed by atoms with E-state index in [1.54, 1.807) is 20.8 Å². The first kappa shape index (κ1) is 16.7. The first-order valence-electron chi connectivity index (χ1n) is 5.70. The van der Waals surface area contributed by atoms with Crippen LogP contribution in [0.15, 0.2) is 12.3 Å². The van der Waals surface area contributed by atoms with Crippen LogP contribution in [0, 0.1) is 0 Å². The molecule has 0 unspecified atom stereocenters. The summed E-state index contributed by atoms with van der Waals surface area (Å²) < 4.78 is 42.3. The molecule has 0 fully saturated rings. The minimum absolute atomic E-state index is 0.342. The number of carboxylic acid groups (broad SMARTS) is 1. The zero-order valence-electron chi connectivity index (χ0n) is 11.4. The molecule has 0 saturated carbocycles. The molecule has 0 aliphatic carbocycles. The number of aromatic nitrogens is 1. The maximum absolute atomic E-state index is 12.5. The van der Waals surface area contributed by atoms with Gasteiger partial charge in [0.1, 0.15) is 11.3 Å². The van der Waals surface area contributed by atoms with Crippen LogP contribution in [0.3, 0.4) is 0 Å². The van der Waals surface area contributed by atoms with Gasteiger partial charge in [-0.3, -0.25) is 5.32 Å². The third kappa shape index (κ3) is 4.93. The quantitative estimate of drug-likeness (QED) is 0.876. The van der Waals surface area contributed by atoms with Gasteiger partial charge in [-0.1, -0.05) is 0 Å². The van der Waals surface area contributed by atoms with Crippen LogP contribution in [0.4, 0.5) is 23.7 Å². The largest absolute Gasteiger partial charge is 0.478 e. The lowest BCUT2D eigenvalue weighted by Crippen LogP contribution is -2.28. The number of rotatable bonds is 2. The minimum Gasteiger partial charge on any atom is -0.478 e. The Morgan fingerprint density at radius 1 is 1.29 bits per heavy atom. The highest BCUT2D eigenvalue weighted by Gasteiger charge is 2.34. The van der Waals surface area contributed by atoms with Crippen molar-refractivity contribution in [2.45, 2.75) is 32.5 Å². The number of carbonyl (C=O) groups excluding carboxylic acids is 1. The first-order valence-corrected chi connectivity index (χ1v) is 5.70. The van der Waals surface area contributed by atoms with Crippen molar-refractivity contribution in [3.05, 3.63) is 23.5 Å². The molecule has 0 aromatic carbocycles. The standard InChI is InChI=1S/C12H13F3N2O4/c1-11(2,3)21-10(20)17-7-5-16-8(12(13,14)15)4-6(7)9(18)19/h4-5H,1-3H3,(H,17,20)(H,18,19). The smallest absolute Gasteiger partial charge is 0.433 e. The molecule has 0 aliphatic rings. The number of amides is 1. The predicted octanol–water partition coefficient (Wildman–Crippen LogP) is 3.15. The molecule has 0 spiro atoms. The van der Waals surface area contributed by atoms with Crippen molar-refractivity contribution in [1.29, 1.82) is 0 Å². The third-order valence-electron chi connectivity index (χ3n) is 2.06. The Bertz CT molecular complexity index is 565. The molecule has 0 atom stereocenters. The van der Waals surface area contributed by atoms with Gasteiger partial charge in [-0.25, -0.2) is 14.6 Å². The van der Waals surface area contributed by atoms with E-state index in [9.17, 15) is 22.8 Å². The van der Waals surface area contributed by atoms with Crippen LogP contribution in [0.25, 0.3) is 0 Å². The fraction of sp³-hybridized carbons (Fsp3) is 0.417. The van der Waals surface area contributed by atoms with E-state index in [0.717, 1.165) is 0 Å². The zero-order valence-corrected chi connectivity index (χ0v) is 11.4. The van der Waals surface area contributed by atoms with Crippen molar-refractivity contribution in [3.63, 3.8) is 0 Å². The van der Waals surface area contributed by atoms with Gasteiger partial charge in [-0.15, -0.1) is 0 Å². The van der Waals surface area contributed by atoms with Gasteiger partial charge >= 0.3 is 18.2 Å². The molecular formula is C12H13F3N2O4. The van der Waals surface area contributed by atoms with Gasteiger partial charge in [0.25, 0.3) is 0 Å². The van der Waals surface area contributed by atoms with Crippen LogP contribution in [-0.2, 0) is 10.9 Å². The van der Waals surface area contributed by atoms with Gasteiger partial charge in [0.15, 0.2) is 0 Å². The molecule has 1 heterocycles. The van der Waals surface area contributed by atoms with Crippen LogP contribution in [-0.4, -0.2) is 27.8 Å². The summed E-state index contributed by atoms with van der Waals surface area (Å²) in [6, 6.07) is 0.342. The number of nitrogens with zero attached hydrogens (tertiary/aromatic N) is 1. The Kier molecular flexibility index (Phi) is 4.45. The number of alkyl halides is 3. The van der Waals surface area contributed by atoms with Gasteiger partial charge < -0.3 is 9.84 Å². The Morgan fingerprint density at radius 2 is 1.86 bits per heavy atom. The average Bonchev–Trinajstić information content (AvgIpc) is 2.24. The fourth-order valence-electron chi connectivity index (χ4n) is 1.30. The van der Waals surface area contributed by atoms with Crippen molar-refractivity contribution in [2.24, 2.45) is 0 Å². The molecule has 0 saturated heterocycles. The number of halogens is 3. The lowest BCUT2D eigenvalue weighted by atomic mass is 10.2. The monoisotopic (exact) mass is 306 g/mol. The molecule has 1 amide bonds. The molecule has 0 radical (unpaired) electrons. The summed E-state index contributed by atoms with van der Waals surface area (Å²) in [5.74, 6) is -1.63. The maximum atomic E-state index is 12.5. The van der Waals surface area contributed by atoms with Crippen molar-refractivity contribution >= 4 is 17.7 Å². The van der Waals surface area contributed by atoms with Crippen LogP contribution in [0.2, 0.25) is 0 Å². The highest BCUT2D eigenvalue weighted by atomic mass is 19.4. The number of carboxylic acids is 1. The molecule has 0 bridgehead atoms. The van der Waals surface area contributed by atoms with Crippen LogP contribution >= 0.6 is 0 Å². The maximum Gasteiger partial charge on any atom is 0.433 e. The second-order valence-electron chi connectivity index (χ2n) is 5.04. The lowest BCUT2D eigenvalue weighted by Gasteiger charge is -2.20. The molecule has 0 aliphatic heterocycles. The Labute approximate surface area is 117 Å². The van der Waals surface area contributed by atoms with Gasteiger partial charge in [0.2, 0.25) is 0 Å². The normalized spacial score (nSPS) is 11.9. The van der Waals surface area contributed by atoms with Crippen LogP contribution in [0.1, 0.15) is 36.8 Å². The number of hydrogen-bond donors (Lipinski definition) is 2. The van der Waals surface area contributed by atoms with Crippen LogP contribution < -0.4 is 5.32 Å². The number of aromatic carboxylic acids is 1. The summed E-state index contributed by atoms with van der Waals surface area (Å²) in [7, 11) is 0. The molecule has 2 N–H and O–H groups in total. The van der Waals surface area contributed by atoms with Crippen molar-refractivity contribution in [3.8, 4) is 0 Å². The summed E-state index contributed by atoms with van der Waals surface area (Å²) in [5.41, 5.74) is -3.32. The third-order valence-corrected chi connectivity index (χ3v) is 2.06. The van der Waals surface area contributed by atoms with Gasteiger partial charge in [0.05, 0.1) is 17.4 Å². The number of carbonyl (C=O) groups is 2. The summed E-state index contributed by atoms with van der Waals surface area (Å²) in [6.07, 6.45) is -5.16. The minimum atomic E-state index is -4.78. The summed E-state index contributed by atoms with van der Waals surface area (Å²) in [6.45, 7) is 4.74. The van der Waals surface area contributed by atoms with E-state index >= 15 is 0 Å². The zero-order chi connectivity index (χ0) is 16.4. The summed E-state index contributed by atoms with van der Waals surface area (Å²) in [4.78, 5) is 25.6. The fourth-order valence-corrected chi connectivity index (χ4v) is 1.30. The van der Waals surface area contributed by atoms with Crippen LogP contribution in [0.5, 0.6) is 0 Å². The SMILES string of the molecule is CC(C)(C)OC(=O)Nc1cnc(C(F)(F)F)cc1C(=O)O. The number of pyridine rings is 1. The van der Waals surface area contributed by atoms with Crippen molar-refractivity contribution in [1.82, 2.24) is 4.98 Å². The van der Waals surface area contributed by atoms with E-state index in [1.165, 1.54) is 0 Å². The Balaban J connectivity index is 3.08. The lowest BCUT2D eigenvalue weighted by molar-refractivity contribution is -0.141. The van der Waals surface area contributed by atoms with Crippen molar-refractivity contribution in [2.75, 3.05) is 5.32 Å². The van der Waals surface area contributed by atoms with E-state index in [0.29, 0.717) is 12.3 Å². The topological polar surface area (TPSA) is 88.5 Å². The number of nitrogens with one attached hydrogen (secondary N) is 1. The van der Waals surface area contributed by atoms with Gasteiger partial charge in [0, 0.05) is 0 Å². The molecule has 1 rings (SSSR count). The van der Waals surface area contributed by atoms with Gasteiger partial charge in [-0.05, 0) is 26.8 Å². The van der Waals surface area contributed by atoms with E-state index < -0.39 is 35.1 Å². The molecular weight excluding hydrogens is 293 g/mol. The Morgan fingerprint density at radius 3 is 2.29 bits per heavy atom. The summed E-state index contributed by atoms with van der Waals surface area (Å²) in [5, 5.41) is 11.0. The highest BCUT2D eigenvalue weighted by molar-refractivity contribution is 5.98. The number of anilines is 1. The predicted molar refractivity (Wildman–Crippen MR) is 66.1 cm³/mol. The molecule has 6 nitrogen and oxygen atoms in total. The van der Waals surface area contributed by atoms with E-state index in [-0.39, 0.29) is 5.69 Å². The number of ether oxygens (including phenoxy) is 1. The highest BCUT2D eigenvalue weighted by Crippen LogP contribution is 2.30. The first-order chi connectivity index (χ1) is 9.40. The summed E-state index contributed by atoms with van der Waals surface area (Å²) >= 11 is 0. The Hall–Kier alpha value is -2.32. The molecule has 1 aromatic rings. The second-order valence-corrected chi connectivity index (χ2v) is 5.04. The molecule has 1 aromatic heterocycles. The van der Waals surface area contributed by atoms with E-state index in [2.05, 4.69) is 10.3 Å². The van der Waals surface area contributed by atoms with Crippen molar-refractivity contribution < 1.29 is 32.6 Å². The van der Waals surface area contributed by atoms with Gasteiger partial charge in [-0.2, -0.15) is 13.2 Å². The molecule has 9 heteroatoms. The molecule has 21 heavy (non-hydrogen) atoms.